The summed E-state index contributed by atoms with van der Waals surface area (Å²) in [5.41, 5.74) is 1.23. The minimum atomic E-state index is 0.561. The monoisotopic (exact) mass is 239 g/mol. The molecule has 1 aliphatic rings. The van der Waals surface area contributed by atoms with Crippen molar-refractivity contribution >= 4 is 11.6 Å². The molecular formula is C12H18ClN3. The Morgan fingerprint density at radius 1 is 1.50 bits per heavy atom. The molecule has 1 fully saturated rings. The fourth-order valence-electron chi connectivity index (χ4n) is 2.05. The standard InChI is InChI=1S/C12H18ClN3/c1-9-7-16(10(2)5-14-9)8-11-3-4-12(13)15-6-11/h3-4,6,9-10,14H,5,7-8H2,1-2H3. The smallest absolute Gasteiger partial charge is 0.129 e. The second kappa shape index (κ2) is 5.13. The zero-order valence-electron chi connectivity index (χ0n) is 9.78. The van der Waals surface area contributed by atoms with E-state index in [2.05, 4.69) is 35.1 Å². The number of halogens is 1. The van der Waals surface area contributed by atoms with Crippen LogP contribution in [0.3, 0.4) is 0 Å². The second-order valence-electron chi connectivity index (χ2n) is 4.58. The van der Waals surface area contributed by atoms with Gasteiger partial charge in [-0.15, -0.1) is 0 Å². The molecule has 1 aromatic rings. The van der Waals surface area contributed by atoms with Crippen LogP contribution in [0.2, 0.25) is 5.15 Å². The number of nitrogens with one attached hydrogen (secondary N) is 1. The molecular weight excluding hydrogens is 222 g/mol. The van der Waals surface area contributed by atoms with Crippen LogP contribution in [-0.2, 0) is 6.54 Å². The van der Waals surface area contributed by atoms with Crippen LogP contribution in [0.5, 0.6) is 0 Å². The Labute approximate surface area is 102 Å². The second-order valence-corrected chi connectivity index (χ2v) is 4.96. The molecule has 3 nitrogen and oxygen atoms in total. The van der Waals surface area contributed by atoms with Crippen LogP contribution in [-0.4, -0.2) is 35.1 Å². The fraction of sp³-hybridized carbons (Fsp3) is 0.583. The lowest BCUT2D eigenvalue weighted by atomic mass is 10.1. The van der Waals surface area contributed by atoms with E-state index in [-0.39, 0.29) is 0 Å². The molecule has 0 bridgehead atoms. The topological polar surface area (TPSA) is 28.2 Å². The maximum absolute atomic E-state index is 5.77. The third-order valence-electron chi connectivity index (χ3n) is 3.07. The predicted octanol–water partition coefficient (Wildman–Crippen LogP) is 1.92. The van der Waals surface area contributed by atoms with Gasteiger partial charge in [0.15, 0.2) is 0 Å². The predicted molar refractivity (Wildman–Crippen MR) is 66.6 cm³/mol. The van der Waals surface area contributed by atoms with E-state index in [9.17, 15) is 0 Å². The number of pyridine rings is 1. The van der Waals surface area contributed by atoms with Crippen molar-refractivity contribution in [3.8, 4) is 0 Å². The Morgan fingerprint density at radius 3 is 3.00 bits per heavy atom. The molecule has 0 aromatic carbocycles. The van der Waals surface area contributed by atoms with E-state index in [0.717, 1.165) is 19.6 Å². The summed E-state index contributed by atoms with van der Waals surface area (Å²) in [6, 6.07) is 5.05. The Hall–Kier alpha value is -0.640. The number of hydrogen-bond donors (Lipinski definition) is 1. The van der Waals surface area contributed by atoms with Crippen molar-refractivity contribution in [2.75, 3.05) is 13.1 Å². The Bertz CT molecular complexity index is 339. The Morgan fingerprint density at radius 2 is 2.31 bits per heavy atom. The molecule has 88 valence electrons. The molecule has 2 heterocycles. The highest BCUT2D eigenvalue weighted by atomic mass is 35.5. The van der Waals surface area contributed by atoms with Crippen LogP contribution < -0.4 is 5.32 Å². The molecule has 0 radical (unpaired) electrons. The maximum atomic E-state index is 5.77. The third-order valence-corrected chi connectivity index (χ3v) is 3.29. The summed E-state index contributed by atoms with van der Waals surface area (Å²) in [6.07, 6.45) is 1.86. The van der Waals surface area contributed by atoms with Gasteiger partial charge in [0, 0.05) is 37.9 Å². The molecule has 2 atom stereocenters. The van der Waals surface area contributed by atoms with Crippen LogP contribution >= 0.6 is 11.6 Å². The van der Waals surface area contributed by atoms with Gasteiger partial charge in [0.2, 0.25) is 0 Å². The van der Waals surface area contributed by atoms with Crippen molar-refractivity contribution in [3.05, 3.63) is 29.0 Å². The van der Waals surface area contributed by atoms with Gasteiger partial charge in [0.05, 0.1) is 0 Å². The molecule has 2 unspecified atom stereocenters. The van der Waals surface area contributed by atoms with E-state index < -0.39 is 0 Å². The number of rotatable bonds is 2. The molecule has 0 spiro atoms. The van der Waals surface area contributed by atoms with Crippen molar-refractivity contribution in [1.29, 1.82) is 0 Å². The Kier molecular flexibility index (Phi) is 3.79. The highest BCUT2D eigenvalue weighted by Crippen LogP contribution is 2.13. The molecule has 0 saturated carbocycles. The number of piperazine rings is 1. The summed E-state index contributed by atoms with van der Waals surface area (Å²) in [6.45, 7) is 7.57. The number of aromatic nitrogens is 1. The molecule has 2 rings (SSSR count). The molecule has 0 aliphatic carbocycles. The first-order valence-corrected chi connectivity index (χ1v) is 6.11. The van der Waals surface area contributed by atoms with Crippen LogP contribution in [0.15, 0.2) is 18.3 Å². The van der Waals surface area contributed by atoms with Gasteiger partial charge in [-0.25, -0.2) is 4.98 Å². The van der Waals surface area contributed by atoms with Gasteiger partial charge < -0.3 is 5.32 Å². The van der Waals surface area contributed by atoms with E-state index in [0.29, 0.717) is 17.2 Å². The zero-order valence-corrected chi connectivity index (χ0v) is 10.5. The Balaban J connectivity index is 2.00. The fourth-order valence-corrected chi connectivity index (χ4v) is 2.16. The van der Waals surface area contributed by atoms with Crippen LogP contribution in [0.25, 0.3) is 0 Å². The summed E-state index contributed by atoms with van der Waals surface area (Å²) in [5.74, 6) is 0. The average Bonchev–Trinajstić information content (AvgIpc) is 2.27. The lowest BCUT2D eigenvalue weighted by Crippen LogP contribution is -2.53. The van der Waals surface area contributed by atoms with Crippen LogP contribution in [0, 0.1) is 0 Å². The van der Waals surface area contributed by atoms with E-state index in [1.807, 2.05) is 12.3 Å². The highest BCUT2D eigenvalue weighted by Gasteiger charge is 2.22. The maximum Gasteiger partial charge on any atom is 0.129 e. The normalized spacial score (nSPS) is 26.9. The van der Waals surface area contributed by atoms with Crippen molar-refractivity contribution in [1.82, 2.24) is 15.2 Å². The van der Waals surface area contributed by atoms with Gasteiger partial charge in [-0.3, -0.25) is 4.90 Å². The van der Waals surface area contributed by atoms with Crippen molar-refractivity contribution < 1.29 is 0 Å². The molecule has 1 aliphatic heterocycles. The van der Waals surface area contributed by atoms with Gasteiger partial charge >= 0.3 is 0 Å². The number of nitrogens with zero attached hydrogens (tertiary/aromatic N) is 2. The van der Waals surface area contributed by atoms with Gasteiger partial charge in [0.1, 0.15) is 5.15 Å². The van der Waals surface area contributed by atoms with Gasteiger partial charge in [0.25, 0.3) is 0 Å². The van der Waals surface area contributed by atoms with E-state index >= 15 is 0 Å². The van der Waals surface area contributed by atoms with Crippen molar-refractivity contribution in [2.45, 2.75) is 32.5 Å². The average molecular weight is 240 g/mol. The molecule has 0 amide bonds. The summed E-state index contributed by atoms with van der Waals surface area (Å²) >= 11 is 5.77. The van der Waals surface area contributed by atoms with E-state index in [1.165, 1.54) is 5.56 Å². The summed E-state index contributed by atoms with van der Waals surface area (Å²) < 4.78 is 0. The van der Waals surface area contributed by atoms with Crippen LogP contribution in [0.4, 0.5) is 0 Å². The van der Waals surface area contributed by atoms with Crippen molar-refractivity contribution in [2.24, 2.45) is 0 Å². The quantitative estimate of drug-likeness (QED) is 0.800. The lowest BCUT2D eigenvalue weighted by Gasteiger charge is -2.37. The zero-order chi connectivity index (χ0) is 11.5. The molecule has 4 heteroatoms. The summed E-state index contributed by atoms with van der Waals surface area (Å²) in [4.78, 5) is 6.59. The van der Waals surface area contributed by atoms with E-state index in [4.69, 9.17) is 11.6 Å². The molecule has 16 heavy (non-hydrogen) atoms. The minimum absolute atomic E-state index is 0.561. The highest BCUT2D eigenvalue weighted by molar-refractivity contribution is 6.29. The van der Waals surface area contributed by atoms with Gasteiger partial charge in [-0.05, 0) is 25.5 Å². The van der Waals surface area contributed by atoms with Gasteiger partial charge in [-0.1, -0.05) is 17.7 Å². The van der Waals surface area contributed by atoms with Crippen LogP contribution in [0.1, 0.15) is 19.4 Å². The first-order chi connectivity index (χ1) is 7.65. The SMILES string of the molecule is CC1CN(Cc2ccc(Cl)nc2)C(C)CN1. The molecule has 1 N–H and O–H groups in total. The first-order valence-electron chi connectivity index (χ1n) is 5.73. The van der Waals surface area contributed by atoms with Crippen molar-refractivity contribution in [3.63, 3.8) is 0 Å². The van der Waals surface area contributed by atoms with Gasteiger partial charge in [-0.2, -0.15) is 0 Å². The largest absolute Gasteiger partial charge is 0.311 e. The van der Waals surface area contributed by atoms with E-state index in [1.54, 1.807) is 0 Å². The lowest BCUT2D eigenvalue weighted by molar-refractivity contribution is 0.138. The number of hydrogen-bond acceptors (Lipinski definition) is 3. The molecule has 1 aromatic heterocycles. The summed E-state index contributed by atoms with van der Waals surface area (Å²) in [5, 5.41) is 4.04. The first kappa shape index (κ1) is 11.8. The molecule has 1 saturated heterocycles. The third kappa shape index (κ3) is 2.94. The minimum Gasteiger partial charge on any atom is -0.311 e. The summed E-state index contributed by atoms with van der Waals surface area (Å²) in [7, 11) is 0.